The second-order valence-electron chi connectivity index (χ2n) is 6.93. The van der Waals surface area contributed by atoms with E-state index in [0.717, 1.165) is 11.1 Å². The molecule has 0 spiro atoms. The van der Waals surface area contributed by atoms with Gasteiger partial charge in [-0.15, -0.1) is 0 Å². The minimum absolute atomic E-state index is 0.0188. The zero-order valence-corrected chi connectivity index (χ0v) is 16.2. The third-order valence-corrected chi connectivity index (χ3v) is 4.67. The minimum Gasteiger partial charge on any atom is -0.332 e. The van der Waals surface area contributed by atoms with E-state index in [0.29, 0.717) is 41.8 Å². The third-order valence-electron chi connectivity index (χ3n) is 4.31. The van der Waals surface area contributed by atoms with Crippen molar-refractivity contribution in [2.75, 3.05) is 13.1 Å². The lowest BCUT2D eigenvalue weighted by atomic mass is 9.96. The van der Waals surface area contributed by atoms with Gasteiger partial charge in [-0.3, -0.25) is 4.79 Å². The Bertz CT molecular complexity index is 893. The van der Waals surface area contributed by atoms with Crippen LogP contribution in [0.2, 0.25) is 5.02 Å². The molecule has 2 aromatic carbocycles. The maximum absolute atomic E-state index is 12.7. The van der Waals surface area contributed by atoms with Crippen LogP contribution in [0.4, 0.5) is 4.79 Å². The van der Waals surface area contributed by atoms with E-state index in [1.54, 1.807) is 17.0 Å². The Morgan fingerprint density at radius 1 is 1.15 bits per heavy atom. The summed E-state index contributed by atoms with van der Waals surface area (Å²) in [6, 6.07) is 14.2. The zero-order valence-electron chi connectivity index (χ0n) is 15.4. The molecule has 27 heavy (non-hydrogen) atoms. The molecular weight excluding hydrogens is 362 g/mol. The van der Waals surface area contributed by atoms with Crippen LogP contribution in [0.25, 0.3) is 0 Å². The molecule has 0 aromatic heterocycles. The van der Waals surface area contributed by atoms with Crippen LogP contribution in [0.5, 0.6) is 0 Å². The van der Waals surface area contributed by atoms with Gasteiger partial charge in [-0.05, 0) is 23.6 Å². The van der Waals surface area contributed by atoms with Crippen molar-refractivity contribution in [3.05, 3.63) is 70.2 Å². The van der Waals surface area contributed by atoms with Crippen molar-refractivity contribution >= 4 is 29.3 Å². The Hall–Kier alpha value is -2.66. The van der Waals surface area contributed by atoms with Crippen molar-refractivity contribution < 1.29 is 9.59 Å². The molecule has 0 radical (unpaired) electrons. The predicted molar refractivity (Wildman–Crippen MR) is 107 cm³/mol. The maximum atomic E-state index is 12.7. The number of carbonyl (C=O) groups excluding carboxylic acids is 2. The summed E-state index contributed by atoms with van der Waals surface area (Å²) in [4.78, 5) is 31.0. The highest BCUT2D eigenvalue weighted by Gasteiger charge is 2.29. The van der Waals surface area contributed by atoms with E-state index in [9.17, 15) is 9.59 Å². The van der Waals surface area contributed by atoms with Crippen molar-refractivity contribution in [1.82, 2.24) is 10.2 Å². The quantitative estimate of drug-likeness (QED) is 0.862. The smallest absolute Gasteiger partial charge is 0.332 e. The molecule has 5 nitrogen and oxygen atoms in total. The molecule has 0 unspecified atom stereocenters. The molecule has 0 fully saturated rings. The summed E-state index contributed by atoms with van der Waals surface area (Å²) in [6.07, 6.45) is 0. The van der Waals surface area contributed by atoms with E-state index in [1.165, 1.54) is 0 Å². The van der Waals surface area contributed by atoms with E-state index >= 15 is 0 Å². The van der Waals surface area contributed by atoms with Gasteiger partial charge >= 0.3 is 6.03 Å². The number of amides is 3. The summed E-state index contributed by atoms with van der Waals surface area (Å²) < 4.78 is 0. The second kappa shape index (κ2) is 8.35. The minimum atomic E-state index is -0.446. The number of halogens is 1. The van der Waals surface area contributed by atoms with Gasteiger partial charge in [0.2, 0.25) is 0 Å². The second-order valence-corrected chi connectivity index (χ2v) is 7.34. The van der Waals surface area contributed by atoms with Crippen LogP contribution in [0.3, 0.4) is 0 Å². The number of benzene rings is 2. The first kappa shape index (κ1) is 19.1. The lowest BCUT2D eigenvalue weighted by molar-refractivity contribution is 0.0755. The molecule has 3 amide bonds. The molecule has 0 aliphatic carbocycles. The lowest BCUT2D eigenvalue weighted by Crippen LogP contribution is -2.43. The van der Waals surface area contributed by atoms with Crippen molar-refractivity contribution in [2.45, 2.75) is 20.4 Å². The van der Waals surface area contributed by atoms with Crippen LogP contribution in [0.15, 0.2) is 53.5 Å². The molecule has 2 aromatic rings. The highest BCUT2D eigenvalue weighted by Crippen LogP contribution is 2.20. The predicted octanol–water partition coefficient (Wildman–Crippen LogP) is 4.15. The van der Waals surface area contributed by atoms with Gasteiger partial charge in [0, 0.05) is 29.2 Å². The molecule has 1 aliphatic rings. The summed E-state index contributed by atoms with van der Waals surface area (Å²) in [7, 11) is 0. The van der Waals surface area contributed by atoms with Crippen molar-refractivity contribution in [3.8, 4) is 0 Å². The lowest BCUT2D eigenvalue weighted by Gasteiger charge is -2.30. The first-order valence-corrected chi connectivity index (χ1v) is 9.31. The Balaban J connectivity index is 1.81. The molecule has 0 bridgehead atoms. The van der Waals surface area contributed by atoms with Gasteiger partial charge in [-0.1, -0.05) is 61.8 Å². The van der Waals surface area contributed by atoms with Crippen LogP contribution in [0, 0.1) is 5.92 Å². The number of nitrogens with zero attached hydrogens (tertiary/aromatic N) is 2. The molecule has 1 N–H and O–H groups in total. The van der Waals surface area contributed by atoms with Gasteiger partial charge in [0.1, 0.15) is 0 Å². The third kappa shape index (κ3) is 4.55. The fourth-order valence-electron chi connectivity index (χ4n) is 3.09. The fourth-order valence-corrected chi connectivity index (χ4v) is 3.29. The van der Waals surface area contributed by atoms with E-state index in [4.69, 9.17) is 11.6 Å². The Labute approximate surface area is 164 Å². The van der Waals surface area contributed by atoms with Crippen molar-refractivity contribution in [3.63, 3.8) is 0 Å². The normalized spacial score (nSPS) is 15.2. The van der Waals surface area contributed by atoms with Gasteiger partial charge < -0.3 is 10.2 Å². The summed E-state index contributed by atoms with van der Waals surface area (Å²) in [6.45, 7) is 5.36. The number of hydrogen-bond acceptors (Lipinski definition) is 2. The molecule has 140 valence electrons. The van der Waals surface area contributed by atoms with Crippen LogP contribution < -0.4 is 5.32 Å². The number of fused-ring (bicyclic) bond motifs is 1. The monoisotopic (exact) mass is 383 g/mol. The summed E-state index contributed by atoms with van der Waals surface area (Å²) >= 11 is 6.12. The maximum Gasteiger partial charge on any atom is 0.341 e. The van der Waals surface area contributed by atoms with Gasteiger partial charge in [-0.2, -0.15) is 4.99 Å². The highest BCUT2D eigenvalue weighted by atomic mass is 35.5. The number of hydrogen-bond donors (Lipinski definition) is 1. The molecule has 0 atom stereocenters. The summed E-state index contributed by atoms with van der Waals surface area (Å²) in [5, 5.41) is 3.37. The van der Waals surface area contributed by atoms with Crippen LogP contribution in [0.1, 0.15) is 35.3 Å². The van der Waals surface area contributed by atoms with Gasteiger partial charge in [0.25, 0.3) is 5.91 Å². The molecule has 0 saturated carbocycles. The molecular formula is C21H22ClN3O2. The van der Waals surface area contributed by atoms with E-state index in [1.807, 2.05) is 36.4 Å². The van der Waals surface area contributed by atoms with Gasteiger partial charge in [-0.25, -0.2) is 4.79 Å². The number of aliphatic imine (C=N–C) groups is 1. The molecule has 1 heterocycles. The molecule has 0 saturated heterocycles. The van der Waals surface area contributed by atoms with E-state index in [2.05, 4.69) is 24.2 Å². The number of nitrogens with one attached hydrogen (secondary N) is 1. The van der Waals surface area contributed by atoms with E-state index < -0.39 is 6.03 Å². The fraction of sp³-hybridized carbons (Fsp3) is 0.286. The van der Waals surface area contributed by atoms with E-state index in [-0.39, 0.29) is 5.91 Å². The van der Waals surface area contributed by atoms with Crippen LogP contribution in [-0.2, 0) is 6.54 Å². The van der Waals surface area contributed by atoms with Crippen LogP contribution in [-0.4, -0.2) is 35.6 Å². The van der Waals surface area contributed by atoms with Crippen LogP contribution >= 0.6 is 11.6 Å². The summed E-state index contributed by atoms with van der Waals surface area (Å²) in [5.74, 6) is 0.309. The van der Waals surface area contributed by atoms with Crippen molar-refractivity contribution in [1.29, 1.82) is 0 Å². The summed E-state index contributed by atoms with van der Waals surface area (Å²) in [5.41, 5.74) is 2.73. The number of urea groups is 1. The number of rotatable bonds is 4. The average Bonchev–Trinajstić information content (AvgIpc) is 2.64. The largest absolute Gasteiger partial charge is 0.341 e. The first-order chi connectivity index (χ1) is 13.0. The molecule has 3 rings (SSSR count). The zero-order chi connectivity index (χ0) is 19.4. The SMILES string of the molecule is CC(C)CN1CC(=NC(=O)NCc2ccccc2Cl)c2ccccc2C1=O. The average molecular weight is 384 g/mol. The number of carbonyl (C=O) groups is 2. The standard InChI is InChI=1S/C21H22ClN3O2/c1-14(2)12-25-13-19(16-8-4-5-9-17(16)20(25)26)24-21(27)23-11-15-7-3-6-10-18(15)22/h3-10,14H,11-13H2,1-2H3,(H,23,27). The topological polar surface area (TPSA) is 61.8 Å². The van der Waals surface area contributed by atoms with Crippen molar-refractivity contribution in [2.24, 2.45) is 10.9 Å². The van der Waals surface area contributed by atoms with Gasteiger partial charge in [0.15, 0.2) is 0 Å². The highest BCUT2D eigenvalue weighted by molar-refractivity contribution is 6.31. The van der Waals surface area contributed by atoms with Gasteiger partial charge in [0.05, 0.1) is 12.3 Å². The Morgan fingerprint density at radius 2 is 1.81 bits per heavy atom. The molecule has 1 aliphatic heterocycles. The Morgan fingerprint density at radius 3 is 2.52 bits per heavy atom. The molecule has 6 heteroatoms. The first-order valence-electron chi connectivity index (χ1n) is 8.93. The Kier molecular flexibility index (Phi) is 5.91.